The van der Waals surface area contributed by atoms with E-state index >= 15 is 0 Å². The summed E-state index contributed by atoms with van der Waals surface area (Å²) in [5.41, 5.74) is 0. The van der Waals surface area contributed by atoms with Crippen LogP contribution in [0.4, 0.5) is 13.2 Å². The van der Waals surface area contributed by atoms with E-state index in [9.17, 15) is 22.8 Å². The summed E-state index contributed by atoms with van der Waals surface area (Å²) in [4.78, 5) is 23.8. The number of alkyl halides is 3. The number of halogens is 3. The van der Waals surface area contributed by atoms with Crippen molar-refractivity contribution in [1.29, 1.82) is 0 Å². The Balaban J connectivity index is 4.39. The Hall–Kier alpha value is -2.23. The maximum atomic E-state index is 11.7. The van der Waals surface area contributed by atoms with Crippen molar-refractivity contribution in [3.8, 4) is 11.8 Å². The average Bonchev–Trinajstić information content (AvgIpc) is 2.32. The van der Waals surface area contributed by atoms with Crippen LogP contribution in [0.5, 0.6) is 0 Å². The SMILES string of the molecule is C=CCN(CC=C)C(=O)C(=O)OCC#CC(F)(F)F. The van der Waals surface area contributed by atoms with Crippen molar-refractivity contribution in [3.05, 3.63) is 25.3 Å². The fourth-order valence-electron chi connectivity index (χ4n) is 0.981. The number of hydrogen-bond acceptors (Lipinski definition) is 3. The van der Waals surface area contributed by atoms with Crippen LogP contribution in [-0.2, 0) is 14.3 Å². The highest BCUT2D eigenvalue weighted by molar-refractivity contribution is 6.32. The van der Waals surface area contributed by atoms with Crippen LogP contribution in [0.1, 0.15) is 0 Å². The van der Waals surface area contributed by atoms with Gasteiger partial charge in [0.25, 0.3) is 0 Å². The van der Waals surface area contributed by atoms with Crippen LogP contribution in [0.25, 0.3) is 0 Å². The standard InChI is InChI=1S/C12H12F3NO3/c1-3-7-16(8-4-2)10(17)11(18)19-9-5-6-12(13,14)15/h3-4H,1-2,7-9H2. The van der Waals surface area contributed by atoms with Gasteiger partial charge in [-0.2, -0.15) is 13.2 Å². The maximum Gasteiger partial charge on any atom is 0.457 e. The fourth-order valence-corrected chi connectivity index (χ4v) is 0.981. The van der Waals surface area contributed by atoms with Crippen LogP contribution >= 0.6 is 0 Å². The summed E-state index contributed by atoms with van der Waals surface area (Å²) < 4.78 is 39.3. The quantitative estimate of drug-likeness (QED) is 0.329. The molecule has 0 rings (SSSR count). The minimum Gasteiger partial charge on any atom is -0.445 e. The summed E-state index contributed by atoms with van der Waals surface area (Å²) in [6, 6.07) is 0. The molecule has 0 saturated carbocycles. The van der Waals surface area contributed by atoms with Crippen molar-refractivity contribution in [2.75, 3.05) is 19.7 Å². The zero-order valence-electron chi connectivity index (χ0n) is 10.00. The molecule has 0 saturated heterocycles. The third-order valence-electron chi connectivity index (χ3n) is 1.67. The van der Waals surface area contributed by atoms with E-state index in [0.717, 1.165) is 10.8 Å². The van der Waals surface area contributed by atoms with Crippen LogP contribution in [0.3, 0.4) is 0 Å². The Morgan fingerprint density at radius 1 is 1.21 bits per heavy atom. The molecule has 1 amide bonds. The Labute approximate surface area is 108 Å². The van der Waals surface area contributed by atoms with E-state index in [1.807, 2.05) is 0 Å². The van der Waals surface area contributed by atoms with Gasteiger partial charge in [0.2, 0.25) is 0 Å². The summed E-state index contributed by atoms with van der Waals surface area (Å²) in [7, 11) is 0. The number of carbonyl (C=O) groups is 2. The smallest absolute Gasteiger partial charge is 0.445 e. The number of carbonyl (C=O) groups excluding carboxylic acids is 2. The molecule has 0 aromatic heterocycles. The van der Waals surface area contributed by atoms with E-state index in [4.69, 9.17) is 0 Å². The first-order chi connectivity index (χ1) is 8.81. The molecule has 0 aliphatic rings. The first kappa shape index (κ1) is 16.8. The molecule has 0 spiro atoms. The van der Waals surface area contributed by atoms with Gasteiger partial charge in [-0.05, 0) is 0 Å². The molecule has 0 heterocycles. The lowest BCUT2D eigenvalue weighted by Crippen LogP contribution is -2.37. The first-order valence-corrected chi connectivity index (χ1v) is 5.06. The second-order valence-electron chi connectivity index (χ2n) is 3.16. The van der Waals surface area contributed by atoms with Crippen LogP contribution in [0.15, 0.2) is 25.3 Å². The summed E-state index contributed by atoms with van der Waals surface area (Å²) in [6.45, 7) is 6.18. The van der Waals surface area contributed by atoms with E-state index in [0.29, 0.717) is 0 Å². The molecule has 4 nitrogen and oxygen atoms in total. The molecular formula is C12H12F3NO3. The van der Waals surface area contributed by atoms with Crippen LogP contribution in [0, 0.1) is 11.8 Å². The first-order valence-electron chi connectivity index (χ1n) is 5.06. The second-order valence-corrected chi connectivity index (χ2v) is 3.16. The molecule has 19 heavy (non-hydrogen) atoms. The number of amides is 1. The summed E-state index contributed by atoms with van der Waals surface area (Å²) in [5.74, 6) is 0.227. The molecule has 0 radical (unpaired) electrons. The highest BCUT2D eigenvalue weighted by Crippen LogP contribution is 2.11. The average molecular weight is 275 g/mol. The van der Waals surface area contributed by atoms with Crippen molar-refractivity contribution in [3.63, 3.8) is 0 Å². The van der Waals surface area contributed by atoms with Gasteiger partial charge >= 0.3 is 18.1 Å². The van der Waals surface area contributed by atoms with Crippen LogP contribution in [-0.4, -0.2) is 42.6 Å². The zero-order valence-corrected chi connectivity index (χ0v) is 10.00. The van der Waals surface area contributed by atoms with Crippen molar-refractivity contribution in [1.82, 2.24) is 4.90 Å². The Bertz CT molecular complexity index is 408. The summed E-state index contributed by atoms with van der Waals surface area (Å²) in [5, 5.41) is 0. The van der Waals surface area contributed by atoms with Gasteiger partial charge in [-0.25, -0.2) is 4.79 Å². The highest BCUT2D eigenvalue weighted by Gasteiger charge is 2.23. The lowest BCUT2D eigenvalue weighted by atomic mass is 10.4. The third kappa shape index (κ3) is 7.65. The van der Waals surface area contributed by atoms with Gasteiger partial charge in [0.05, 0.1) is 0 Å². The van der Waals surface area contributed by atoms with Gasteiger partial charge in [-0.15, -0.1) is 13.2 Å². The number of hydrogen-bond donors (Lipinski definition) is 0. The summed E-state index contributed by atoms with van der Waals surface area (Å²) in [6.07, 6.45) is -1.88. The van der Waals surface area contributed by atoms with Gasteiger partial charge in [-0.1, -0.05) is 18.1 Å². The topological polar surface area (TPSA) is 46.6 Å². The predicted octanol–water partition coefficient (Wildman–Crippen LogP) is 1.30. The van der Waals surface area contributed by atoms with E-state index in [2.05, 4.69) is 17.9 Å². The molecular weight excluding hydrogens is 263 g/mol. The summed E-state index contributed by atoms with van der Waals surface area (Å²) >= 11 is 0. The van der Waals surface area contributed by atoms with E-state index < -0.39 is 24.7 Å². The molecule has 0 aliphatic heterocycles. The molecule has 0 aromatic carbocycles. The molecule has 0 unspecified atom stereocenters. The van der Waals surface area contributed by atoms with E-state index in [-0.39, 0.29) is 13.1 Å². The lowest BCUT2D eigenvalue weighted by molar-refractivity contribution is -0.158. The second kappa shape index (κ2) is 7.97. The molecule has 0 fully saturated rings. The predicted molar refractivity (Wildman–Crippen MR) is 61.8 cm³/mol. The molecule has 0 aromatic rings. The molecule has 0 aliphatic carbocycles. The van der Waals surface area contributed by atoms with E-state index in [1.165, 1.54) is 12.2 Å². The number of nitrogens with zero attached hydrogens (tertiary/aromatic N) is 1. The minimum absolute atomic E-state index is 0.0915. The minimum atomic E-state index is -4.66. The van der Waals surface area contributed by atoms with Crippen molar-refractivity contribution < 1.29 is 27.5 Å². The monoisotopic (exact) mass is 275 g/mol. The Morgan fingerprint density at radius 2 is 1.74 bits per heavy atom. The molecule has 0 N–H and O–H groups in total. The molecule has 7 heteroatoms. The van der Waals surface area contributed by atoms with Crippen molar-refractivity contribution in [2.45, 2.75) is 6.18 Å². The number of rotatable bonds is 5. The third-order valence-corrected chi connectivity index (χ3v) is 1.67. The van der Waals surface area contributed by atoms with Crippen molar-refractivity contribution >= 4 is 11.9 Å². The zero-order chi connectivity index (χ0) is 14.9. The number of ether oxygens (including phenoxy) is 1. The largest absolute Gasteiger partial charge is 0.457 e. The van der Waals surface area contributed by atoms with Gasteiger partial charge in [0, 0.05) is 19.0 Å². The van der Waals surface area contributed by atoms with Crippen LogP contribution in [0.2, 0.25) is 0 Å². The van der Waals surface area contributed by atoms with Crippen molar-refractivity contribution in [2.24, 2.45) is 0 Å². The van der Waals surface area contributed by atoms with Gasteiger partial charge < -0.3 is 9.64 Å². The molecule has 0 atom stereocenters. The molecule has 104 valence electrons. The van der Waals surface area contributed by atoms with E-state index in [1.54, 1.807) is 5.92 Å². The Morgan fingerprint density at radius 3 is 2.16 bits per heavy atom. The van der Waals surface area contributed by atoms with Gasteiger partial charge in [0.1, 0.15) is 0 Å². The van der Waals surface area contributed by atoms with Gasteiger partial charge in [-0.3, -0.25) is 4.79 Å². The normalized spacial score (nSPS) is 9.84. The maximum absolute atomic E-state index is 11.7. The number of esters is 1. The fraction of sp³-hybridized carbons (Fsp3) is 0.333. The lowest BCUT2D eigenvalue weighted by Gasteiger charge is -2.17. The van der Waals surface area contributed by atoms with Crippen LogP contribution < -0.4 is 0 Å². The Kier molecular flexibility index (Phi) is 7.04. The van der Waals surface area contributed by atoms with Gasteiger partial charge in [0.15, 0.2) is 6.61 Å². The highest BCUT2D eigenvalue weighted by atomic mass is 19.4. The molecule has 0 bridgehead atoms.